The number of nitrogens with zero attached hydrogens (tertiary/aromatic N) is 1. The predicted octanol–water partition coefficient (Wildman–Crippen LogP) is 3.06. The van der Waals surface area contributed by atoms with E-state index in [1.54, 1.807) is 31.3 Å². The van der Waals surface area contributed by atoms with E-state index in [1.165, 1.54) is 4.90 Å². The highest BCUT2D eigenvalue weighted by Gasteiger charge is 2.34. The molecule has 1 aliphatic carbocycles. The van der Waals surface area contributed by atoms with Crippen molar-refractivity contribution in [3.63, 3.8) is 0 Å². The summed E-state index contributed by atoms with van der Waals surface area (Å²) in [7, 11) is -1.98. The van der Waals surface area contributed by atoms with Crippen LogP contribution in [0.4, 0.5) is 4.79 Å². The summed E-state index contributed by atoms with van der Waals surface area (Å²) in [6, 6.07) is 6.11. The van der Waals surface area contributed by atoms with Crippen LogP contribution >= 0.6 is 11.6 Å². The Morgan fingerprint density at radius 2 is 1.83 bits per heavy atom. The molecule has 1 aliphatic rings. The van der Waals surface area contributed by atoms with E-state index in [1.807, 2.05) is 0 Å². The van der Waals surface area contributed by atoms with Crippen LogP contribution in [0.15, 0.2) is 24.3 Å². The second-order valence-electron chi connectivity index (χ2n) is 5.62. The van der Waals surface area contributed by atoms with Crippen LogP contribution in [0.5, 0.6) is 5.75 Å². The lowest BCUT2D eigenvalue weighted by atomic mass is 9.92. The largest absolute Gasteiger partial charge is 0.415 e. The zero-order valence-corrected chi connectivity index (χ0v) is 14.6. The fourth-order valence-corrected chi connectivity index (χ4v) is 3.47. The lowest BCUT2D eigenvalue weighted by Crippen LogP contribution is -2.48. The Morgan fingerprint density at radius 3 is 2.43 bits per heavy atom. The van der Waals surface area contributed by atoms with Crippen LogP contribution in [0.1, 0.15) is 25.7 Å². The summed E-state index contributed by atoms with van der Waals surface area (Å²) in [5.41, 5.74) is 0. The molecule has 8 heteroatoms. The van der Waals surface area contributed by atoms with Gasteiger partial charge in [-0.2, -0.15) is 8.42 Å². The molecule has 2 unspecified atom stereocenters. The Balaban J connectivity index is 2.05. The van der Waals surface area contributed by atoms with Gasteiger partial charge in [-0.25, -0.2) is 4.79 Å². The molecule has 1 fully saturated rings. The van der Waals surface area contributed by atoms with Crippen molar-refractivity contribution in [1.82, 2.24) is 4.90 Å². The normalized spacial score (nSPS) is 21.7. The van der Waals surface area contributed by atoms with Gasteiger partial charge in [0.25, 0.3) is 10.1 Å². The van der Waals surface area contributed by atoms with Gasteiger partial charge in [0.1, 0.15) is 5.75 Å². The third-order valence-electron chi connectivity index (χ3n) is 3.77. The van der Waals surface area contributed by atoms with E-state index in [-0.39, 0.29) is 6.04 Å². The molecule has 0 spiro atoms. The monoisotopic (exact) mass is 361 g/mol. The van der Waals surface area contributed by atoms with Crippen molar-refractivity contribution in [1.29, 1.82) is 0 Å². The minimum atomic E-state index is -3.57. The lowest BCUT2D eigenvalue weighted by Gasteiger charge is -2.36. The maximum Gasteiger partial charge on any atom is 0.415 e. The number of carbonyl (C=O) groups is 1. The highest BCUT2D eigenvalue weighted by Crippen LogP contribution is 2.27. The molecule has 0 heterocycles. The van der Waals surface area contributed by atoms with E-state index >= 15 is 0 Å². The summed E-state index contributed by atoms with van der Waals surface area (Å²) >= 11 is 5.79. The predicted molar refractivity (Wildman–Crippen MR) is 87.2 cm³/mol. The summed E-state index contributed by atoms with van der Waals surface area (Å²) in [5, 5.41) is 0.548. The molecule has 23 heavy (non-hydrogen) atoms. The zero-order chi connectivity index (χ0) is 17.0. The van der Waals surface area contributed by atoms with E-state index in [0.29, 0.717) is 23.6 Å². The minimum Gasteiger partial charge on any atom is -0.410 e. The minimum absolute atomic E-state index is 0.335. The standard InChI is InChI=1S/C15H20ClNO5S/c1-17(15(18)21-12-9-7-11(16)8-10-12)13-5-3-4-6-14(13)22-23(2,19)20/h7-10,13-14H,3-6H2,1-2H3. The van der Waals surface area contributed by atoms with Crippen molar-refractivity contribution in [2.75, 3.05) is 13.3 Å². The van der Waals surface area contributed by atoms with Gasteiger partial charge in [0.05, 0.1) is 18.4 Å². The molecular weight excluding hydrogens is 342 g/mol. The van der Waals surface area contributed by atoms with Gasteiger partial charge in [0, 0.05) is 12.1 Å². The number of carbonyl (C=O) groups excluding carboxylic acids is 1. The van der Waals surface area contributed by atoms with Crippen molar-refractivity contribution in [3.05, 3.63) is 29.3 Å². The molecule has 128 valence electrons. The van der Waals surface area contributed by atoms with Crippen LogP contribution in [0, 0.1) is 0 Å². The van der Waals surface area contributed by atoms with Gasteiger partial charge >= 0.3 is 6.09 Å². The number of hydrogen-bond donors (Lipinski definition) is 0. The van der Waals surface area contributed by atoms with Crippen LogP contribution in [0.25, 0.3) is 0 Å². The van der Waals surface area contributed by atoms with Gasteiger partial charge in [-0.3, -0.25) is 4.18 Å². The summed E-state index contributed by atoms with van der Waals surface area (Å²) in [6.45, 7) is 0. The molecule has 6 nitrogen and oxygen atoms in total. The number of halogens is 1. The average Bonchev–Trinajstić information content (AvgIpc) is 2.48. The molecule has 0 radical (unpaired) electrons. The second-order valence-corrected chi connectivity index (χ2v) is 7.66. The summed E-state index contributed by atoms with van der Waals surface area (Å²) in [5.74, 6) is 0.377. The molecule has 2 atom stereocenters. The van der Waals surface area contributed by atoms with Gasteiger partial charge in [0.2, 0.25) is 0 Å². The Morgan fingerprint density at radius 1 is 1.22 bits per heavy atom. The van der Waals surface area contributed by atoms with Crippen LogP contribution in [-0.4, -0.2) is 44.9 Å². The first-order valence-corrected chi connectivity index (χ1v) is 9.54. The van der Waals surface area contributed by atoms with Crippen molar-refractivity contribution in [2.45, 2.75) is 37.8 Å². The molecular formula is C15H20ClNO5S. The first kappa shape index (κ1) is 18.0. The van der Waals surface area contributed by atoms with E-state index < -0.39 is 22.3 Å². The van der Waals surface area contributed by atoms with Crippen LogP contribution in [0.2, 0.25) is 5.02 Å². The molecule has 1 amide bonds. The van der Waals surface area contributed by atoms with Gasteiger partial charge in [-0.15, -0.1) is 0 Å². The zero-order valence-electron chi connectivity index (χ0n) is 13.1. The van der Waals surface area contributed by atoms with Crippen LogP contribution < -0.4 is 4.74 Å². The molecule has 2 rings (SSSR count). The molecule has 0 aliphatic heterocycles. The van der Waals surface area contributed by atoms with E-state index in [2.05, 4.69) is 0 Å². The van der Waals surface area contributed by atoms with Gasteiger partial charge in [0.15, 0.2) is 0 Å². The summed E-state index contributed by atoms with van der Waals surface area (Å²) < 4.78 is 33.2. The smallest absolute Gasteiger partial charge is 0.410 e. The second kappa shape index (κ2) is 7.51. The SMILES string of the molecule is CN(C(=O)Oc1ccc(Cl)cc1)C1CCCCC1OS(C)(=O)=O. The van der Waals surface area contributed by atoms with Crippen LogP contribution in [0.3, 0.4) is 0 Å². The number of hydrogen-bond acceptors (Lipinski definition) is 5. The van der Waals surface area contributed by atoms with Crippen molar-refractivity contribution < 1.29 is 22.1 Å². The fraction of sp³-hybridized carbons (Fsp3) is 0.533. The van der Waals surface area contributed by atoms with Crippen LogP contribution in [-0.2, 0) is 14.3 Å². The molecule has 0 aromatic heterocycles. The fourth-order valence-electron chi connectivity index (χ4n) is 2.67. The Bertz CT molecular complexity index is 646. The summed E-state index contributed by atoms with van der Waals surface area (Å²) in [6.07, 6.45) is 2.97. The van der Waals surface area contributed by atoms with Gasteiger partial charge in [-0.1, -0.05) is 24.4 Å². The molecule has 0 N–H and O–H groups in total. The Labute approximate surface area is 141 Å². The maximum atomic E-state index is 12.3. The molecule has 1 aromatic carbocycles. The Kier molecular flexibility index (Phi) is 5.89. The Hall–Kier alpha value is -1.31. The number of amides is 1. The van der Waals surface area contributed by atoms with Crippen molar-refractivity contribution in [3.8, 4) is 5.75 Å². The highest BCUT2D eigenvalue weighted by molar-refractivity contribution is 7.86. The molecule has 1 saturated carbocycles. The number of likely N-dealkylation sites (N-methyl/N-ethyl adjacent to an activating group) is 1. The topological polar surface area (TPSA) is 72.9 Å². The first-order valence-electron chi connectivity index (χ1n) is 7.35. The third-order valence-corrected chi connectivity index (χ3v) is 4.62. The third kappa shape index (κ3) is 5.37. The maximum absolute atomic E-state index is 12.3. The highest BCUT2D eigenvalue weighted by atomic mass is 35.5. The van der Waals surface area contributed by atoms with Gasteiger partial charge < -0.3 is 9.64 Å². The number of ether oxygens (including phenoxy) is 1. The molecule has 1 aromatic rings. The van der Waals surface area contributed by atoms with E-state index in [4.69, 9.17) is 20.5 Å². The van der Waals surface area contributed by atoms with E-state index in [0.717, 1.165) is 19.1 Å². The van der Waals surface area contributed by atoms with Crippen molar-refractivity contribution in [2.24, 2.45) is 0 Å². The molecule has 0 saturated heterocycles. The first-order chi connectivity index (χ1) is 10.8. The van der Waals surface area contributed by atoms with Gasteiger partial charge in [-0.05, 0) is 37.1 Å². The lowest BCUT2D eigenvalue weighted by molar-refractivity contribution is 0.0560. The number of benzene rings is 1. The molecule has 0 bridgehead atoms. The average molecular weight is 362 g/mol. The quantitative estimate of drug-likeness (QED) is 0.770. The van der Waals surface area contributed by atoms with Crippen molar-refractivity contribution >= 4 is 27.8 Å². The van der Waals surface area contributed by atoms with E-state index in [9.17, 15) is 13.2 Å². The summed E-state index contributed by atoms with van der Waals surface area (Å²) in [4.78, 5) is 13.7. The number of rotatable bonds is 4.